The number of ether oxygens (including phenoxy) is 1. The van der Waals surface area contributed by atoms with Crippen LogP contribution in [-0.2, 0) is 14.4 Å². The van der Waals surface area contributed by atoms with Crippen molar-refractivity contribution >= 4 is 30.9 Å². The summed E-state index contributed by atoms with van der Waals surface area (Å²) in [4.78, 5) is 28.7. The number of amides is 1. The Bertz CT molecular complexity index is 587. The first-order valence-corrected chi connectivity index (χ1v) is 7.49. The van der Waals surface area contributed by atoms with Crippen molar-refractivity contribution in [2.24, 2.45) is 5.16 Å². The first-order chi connectivity index (χ1) is 11.1. The number of oxime groups is 1. The van der Waals surface area contributed by atoms with Crippen LogP contribution in [0.5, 0.6) is 0 Å². The van der Waals surface area contributed by atoms with Crippen molar-refractivity contribution in [1.29, 1.82) is 0 Å². The predicted octanol–water partition coefficient (Wildman–Crippen LogP) is -1.29. The largest absolute Gasteiger partial charge is 0.393 e. The summed E-state index contributed by atoms with van der Waals surface area (Å²) in [7, 11) is 5.55. The molecule has 1 unspecified atom stereocenters. The lowest BCUT2D eigenvalue weighted by Crippen LogP contribution is -2.49. The van der Waals surface area contributed by atoms with Crippen molar-refractivity contribution in [2.75, 3.05) is 44.3 Å². The van der Waals surface area contributed by atoms with Crippen molar-refractivity contribution in [3.8, 4) is 0 Å². The molecule has 2 saturated heterocycles. The fourth-order valence-electron chi connectivity index (χ4n) is 2.41. The second-order valence-corrected chi connectivity index (χ2v) is 5.58. The third kappa shape index (κ3) is 3.98. The Morgan fingerprint density at radius 1 is 1.48 bits per heavy atom. The van der Waals surface area contributed by atoms with Crippen LogP contribution < -0.4 is 10.4 Å². The minimum absolute atomic E-state index is 0.0581. The van der Waals surface area contributed by atoms with Crippen LogP contribution in [0.15, 0.2) is 17.5 Å². The van der Waals surface area contributed by atoms with E-state index >= 15 is 0 Å². The number of carbonyl (C=O) groups is 1. The number of rotatable bonds is 4. The second kappa shape index (κ2) is 6.95. The van der Waals surface area contributed by atoms with Crippen LogP contribution >= 0.6 is 0 Å². The molecule has 1 amide bonds. The summed E-state index contributed by atoms with van der Waals surface area (Å²) in [6.07, 6.45) is 3.03. The fourth-order valence-corrected chi connectivity index (χ4v) is 2.41. The van der Waals surface area contributed by atoms with E-state index in [1.165, 1.54) is 0 Å². The molecule has 1 aromatic heterocycles. The van der Waals surface area contributed by atoms with Crippen LogP contribution in [0.3, 0.4) is 0 Å². The van der Waals surface area contributed by atoms with Gasteiger partial charge in [0.15, 0.2) is 0 Å². The first-order valence-electron chi connectivity index (χ1n) is 7.49. The van der Waals surface area contributed by atoms with Gasteiger partial charge in [-0.25, -0.2) is 9.97 Å². The molecular weight excluding hydrogens is 297 g/mol. The summed E-state index contributed by atoms with van der Waals surface area (Å²) in [6, 6.07) is 0. The zero-order chi connectivity index (χ0) is 16.2. The lowest BCUT2D eigenvalue weighted by Gasteiger charge is -2.33. The SMILES string of the molecule is [B]c1cnc(N2CC(=NOCC3CN(C(C)=O)CCO3)C2)nc1. The number of aromatic nitrogens is 2. The van der Waals surface area contributed by atoms with E-state index in [0.29, 0.717) is 50.8 Å². The van der Waals surface area contributed by atoms with Gasteiger partial charge < -0.3 is 19.4 Å². The van der Waals surface area contributed by atoms with E-state index in [1.807, 2.05) is 4.90 Å². The monoisotopic (exact) mass is 315 g/mol. The molecule has 1 atom stereocenters. The van der Waals surface area contributed by atoms with E-state index in [2.05, 4.69) is 15.1 Å². The Morgan fingerprint density at radius 3 is 2.91 bits per heavy atom. The summed E-state index contributed by atoms with van der Waals surface area (Å²) in [6.45, 7) is 4.89. The van der Waals surface area contributed by atoms with Crippen molar-refractivity contribution in [3.63, 3.8) is 0 Å². The number of morpholine rings is 1. The van der Waals surface area contributed by atoms with Crippen LogP contribution in [0.4, 0.5) is 5.95 Å². The van der Waals surface area contributed by atoms with Gasteiger partial charge in [0.25, 0.3) is 0 Å². The molecule has 8 nitrogen and oxygen atoms in total. The highest BCUT2D eigenvalue weighted by atomic mass is 16.6. The van der Waals surface area contributed by atoms with Gasteiger partial charge in [-0.3, -0.25) is 4.79 Å². The van der Waals surface area contributed by atoms with Crippen molar-refractivity contribution < 1.29 is 14.4 Å². The number of nitrogens with zero attached hydrogens (tertiary/aromatic N) is 5. The Kier molecular flexibility index (Phi) is 4.75. The number of carbonyl (C=O) groups excluding carboxylic acids is 1. The van der Waals surface area contributed by atoms with Gasteiger partial charge in [0, 0.05) is 25.9 Å². The average molecular weight is 315 g/mol. The van der Waals surface area contributed by atoms with Gasteiger partial charge in [-0.1, -0.05) is 10.6 Å². The molecule has 0 bridgehead atoms. The molecule has 1 aromatic rings. The van der Waals surface area contributed by atoms with Crippen LogP contribution in [0, 0.1) is 0 Å². The van der Waals surface area contributed by atoms with Crippen LogP contribution in [0.1, 0.15) is 6.92 Å². The summed E-state index contributed by atoms with van der Waals surface area (Å²) in [5.74, 6) is 0.689. The molecule has 3 rings (SSSR count). The van der Waals surface area contributed by atoms with E-state index in [9.17, 15) is 4.79 Å². The molecule has 2 aliphatic heterocycles. The van der Waals surface area contributed by atoms with Gasteiger partial charge >= 0.3 is 0 Å². The molecule has 2 aliphatic rings. The fraction of sp³-hybridized carbons (Fsp3) is 0.571. The van der Waals surface area contributed by atoms with Gasteiger partial charge in [0.1, 0.15) is 20.6 Å². The second-order valence-electron chi connectivity index (χ2n) is 5.58. The minimum Gasteiger partial charge on any atom is -0.393 e. The Hall–Kier alpha value is -2.16. The Labute approximate surface area is 135 Å². The molecular formula is C14H18BN5O3. The van der Waals surface area contributed by atoms with Crippen LogP contribution in [0.2, 0.25) is 0 Å². The van der Waals surface area contributed by atoms with Crippen molar-refractivity contribution in [2.45, 2.75) is 13.0 Å². The Balaban J connectivity index is 1.40. The molecule has 0 aromatic carbocycles. The number of hydrogen-bond donors (Lipinski definition) is 0. The maximum Gasteiger partial charge on any atom is 0.225 e. The molecule has 0 aliphatic carbocycles. The number of anilines is 1. The van der Waals surface area contributed by atoms with Crippen molar-refractivity contribution in [3.05, 3.63) is 12.4 Å². The van der Waals surface area contributed by atoms with Gasteiger partial charge in [0.05, 0.1) is 32.0 Å². The molecule has 9 heteroatoms. The normalized spacial score (nSPS) is 20.9. The van der Waals surface area contributed by atoms with Gasteiger partial charge in [-0.15, -0.1) is 0 Å². The summed E-state index contributed by atoms with van der Waals surface area (Å²) in [5.41, 5.74) is 1.46. The van der Waals surface area contributed by atoms with E-state index in [-0.39, 0.29) is 12.0 Å². The van der Waals surface area contributed by atoms with E-state index < -0.39 is 0 Å². The smallest absolute Gasteiger partial charge is 0.225 e. The molecule has 0 saturated carbocycles. The predicted molar refractivity (Wildman–Crippen MR) is 85.0 cm³/mol. The van der Waals surface area contributed by atoms with Gasteiger partial charge in [0.2, 0.25) is 11.9 Å². The maximum atomic E-state index is 11.4. The van der Waals surface area contributed by atoms with E-state index in [1.54, 1.807) is 24.2 Å². The lowest BCUT2D eigenvalue weighted by atomic mass is 10.0. The minimum atomic E-state index is -0.131. The van der Waals surface area contributed by atoms with Gasteiger partial charge in [-0.05, 0) is 0 Å². The van der Waals surface area contributed by atoms with E-state index in [0.717, 1.165) is 5.71 Å². The molecule has 23 heavy (non-hydrogen) atoms. The highest BCUT2D eigenvalue weighted by Gasteiger charge is 2.26. The molecule has 0 spiro atoms. The quantitative estimate of drug-likeness (QED) is 0.508. The standard InChI is InChI=1S/C14H18BN5O3/c1-10(21)19-2-3-22-13(8-19)9-23-18-12-6-20(7-12)14-16-4-11(15)5-17-14/h4-5,13H,2-3,6-9H2,1H3. The van der Waals surface area contributed by atoms with Crippen LogP contribution in [-0.4, -0.2) is 79.8 Å². The highest BCUT2D eigenvalue weighted by Crippen LogP contribution is 2.13. The van der Waals surface area contributed by atoms with E-state index in [4.69, 9.17) is 17.4 Å². The molecule has 3 heterocycles. The number of hydrogen-bond acceptors (Lipinski definition) is 7. The summed E-state index contributed by atoms with van der Waals surface area (Å²) >= 11 is 0. The first kappa shape index (κ1) is 15.7. The zero-order valence-electron chi connectivity index (χ0n) is 13.0. The van der Waals surface area contributed by atoms with Gasteiger partial charge in [-0.2, -0.15) is 0 Å². The molecule has 120 valence electrons. The third-order valence-corrected chi connectivity index (χ3v) is 3.73. The average Bonchev–Trinajstić information content (AvgIpc) is 2.51. The lowest BCUT2D eigenvalue weighted by molar-refractivity contribution is -0.139. The summed E-state index contributed by atoms with van der Waals surface area (Å²) < 4.78 is 5.56. The van der Waals surface area contributed by atoms with Crippen molar-refractivity contribution in [1.82, 2.24) is 14.9 Å². The topological polar surface area (TPSA) is 80.2 Å². The highest BCUT2D eigenvalue weighted by molar-refractivity contribution is 6.31. The third-order valence-electron chi connectivity index (χ3n) is 3.73. The molecule has 2 radical (unpaired) electrons. The zero-order valence-corrected chi connectivity index (χ0v) is 13.0. The molecule has 0 N–H and O–H groups in total. The summed E-state index contributed by atoms with van der Waals surface area (Å²) in [5, 5.41) is 4.10. The maximum absolute atomic E-state index is 11.4. The van der Waals surface area contributed by atoms with Crippen LogP contribution in [0.25, 0.3) is 0 Å². The Morgan fingerprint density at radius 2 is 2.22 bits per heavy atom. The molecule has 2 fully saturated rings.